The largest absolute Gasteiger partial charge is 0.383 e. The second kappa shape index (κ2) is 8.47. The zero-order valence-corrected chi connectivity index (χ0v) is 12.1. The summed E-state index contributed by atoms with van der Waals surface area (Å²) in [5.41, 5.74) is 3.47. The van der Waals surface area contributed by atoms with E-state index in [2.05, 4.69) is 10.4 Å². The number of nitrogens with one attached hydrogen (secondary N) is 1. The fourth-order valence-electron chi connectivity index (χ4n) is 1.83. The van der Waals surface area contributed by atoms with E-state index in [0.29, 0.717) is 31.1 Å². The Labute approximate surface area is 119 Å². The summed E-state index contributed by atoms with van der Waals surface area (Å²) in [4.78, 5) is 18.3. The van der Waals surface area contributed by atoms with Crippen molar-refractivity contribution in [1.29, 1.82) is 0 Å². The minimum atomic E-state index is -0.177. The molecule has 0 radical (unpaired) electrons. The van der Waals surface area contributed by atoms with Gasteiger partial charge in [0.25, 0.3) is 5.91 Å². The minimum absolute atomic E-state index is 0.0704. The molecule has 3 N–H and O–H groups in total. The van der Waals surface area contributed by atoms with Crippen molar-refractivity contribution in [2.75, 3.05) is 39.4 Å². The normalized spacial score (nSPS) is 12.0. The van der Waals surface area contributed by atoms with Gasteiger partial charge in [0.05, 0.1) is 24.9 Å². The van der Waals surface area contributed by atoms with E-state index in [1.165, 1.54) is 6.20 Å². The van der Waals surface area contributed by atoms with Gasteiger partial charge in [-0.25, -0.2) is 0 Å². The van der Waals surface area contributed by atoms with E-state index in [0.717, 1.165) is 0 Å². The van der Waals surface area contributed by atoms with Crippen LogP contribution >= 0.6 is 0 Å². The van der Waals surface area contributed by atoms with Crippen molar-refractivity contribution in [3.8, 4) is 0 Å². The summed E-state index contributed by atoms with van der Waals surface area (Å²) < 4.78 is 10.2. The molecule has 1 atom stereocenters. The molecule has 0 aliphatic heterocycles. The highest BCUT2D eigenvalue weighted by Gasteiger charge is 2.22. The number of hydrazine groups is 1. The van der Waals surface area contributed by atoms with Crippen LogP contribution in [0.3, 0.4) is 0 Å². The van der Waals surface area contributed by atoms with Crippen LogP contribution in [0.25, 0.3) is 0 Å². The van der Waals surface area contributed by atoms with Gasteiger partial charge in [-0.05, 0) is 19.1 Å². The van der Waals surface area contributed by atoms with Gasteiger partial charge in [-0.2, -0.15) is 0 Å². The third kappa shape index (κ3) is 4.44. The molecule has 1 aromatic heterocycles. The van der Waals surface area contributed by atoms with Crippen LogP contribution in [0.1, 0.15) is 17.4 Å². The molecule has 0 saturated heterocycles. The number of rotatable bonds is 8. The highest BCUT2D eigenvalue weighted by molar-refractivity contribution is 5.93. The average molecular weight is 282 g/mol. The molecule has 0 aliphatic carbocycles. The van der Waals surface area contributed by atoms with Crippen molar-refractivity contribution in [2.45, 2.75) is 13.0 Å². The van der Waals surface area contributed by atoms with Crippen LogP contribution in [0.2, 0.25) is 0 Å². The molecule has 0 spiro atoms. The van der Waals surface area contributed by atoms with Gasteiger partial charge < -0.3 is 19.8 Å². The molecule has 1 heterocycles. The highest BCUT2D eigenvalue weighted by atomic mass is 16.5. The molecular weight excluding hydrogens is 260 g/mol. The van der Waals surface area contributed by atoms with Gasteiger partial charge in [-0.1, -0.05) is 0 Å². The van der Waals surface area contributed by atoms with Gasteiger partial charge in [0.2, 0.25) is 0 Å². The SMILES string of the molecule is COCCN(C(=O)c1cc(NN)ccn1)C(C)COC. The Kier molecular flexibility index (Phi) is 6.92. The standard InChI is InChI=1S/C13H22N4O3/c1-10(9-20-3)17(6-7-19-2)13(18)12-8-11(16-14)4-5-15-12/h4-5,8,10H,6-7,9,14H2,1-3H3,(H,15,16). The molecule has 1 aromatic rings. The van der Waals surface area contributed by atoms with Crippen molar-refractivity contribution < 1.29 is 14.3 Å². The molecule has 1 unspecified atom stereocenters. The summed E-state index contributed by atoms with van der Waals surface area (Å²) in [5.74, 6) is 5.16. The number of pyridine rings is 1. The van der Waals surface area contributed by atoms with Gasteiger partial charge >= 0.3 is 0 Å². The van der Waals surface area contributed by atoms with Crippen LogP contribution in [0.5, 0.6) is 0 Å². The third-order valence-electron chi connectivity index (χ3n) is 2.88. The van der Waals surface area contributed by atoms with E-state index < -0.39 is 0 Å². The number of aromatic nitrogens is 1. The zero-order chi connectivity index (χ0) is 15.0. The number of nitrogen functional groups attached to an aromatic ring is 1. The third-order valence-corrected chi connectivity index (χ3v) is 2.88. The summed E-state index contributed by atoms with van der Waals surface area (Å²) >= 11 is 0. The van der Waals surface area contributed by atoms with E-state index in [9.17, 15) is 4.79 Å². The first-order valence-electron chi connectivity index (χ1n) is 6.35. The molecule has 0 bridgehead atoms. The van der Waals surface area contributed by atoms with E-state index in [4.69, 9.17) is 15.3 Å². The highest BCUT2D eigenvalue weighted by Crippen LogP contribution is 2.11. The first-order valence-corrected chi connectivity index (χ1v) is 6.35. The van der Waals surface area contributed by atoms with Crippen molar-refractivity contribution >= 4 is 11.6 Å². The predicted molar refractivity (Wildman–Crippen MR) is 76.3 cm³/mol. The molecule has 20 heavy (non-hydrogen) atoms. The molecule has 1 rings (SSSR count). The Morgan fingerprint density at radius 3 is 2.85 bits per heavy atom. The topological polar surface area (TPSA) is 89.7 Å². The number of carbonyl (C=O) groups excluding carboxylic acids is 1. The van der Waals surface area contributed by atoms with Crippen molar-refractivity contribution in [3.05, 3.63) is 24.0 Å². The smallest absolute Gasteiger partial charge is 0.272 e. The molecule has 0 saturated carbocycles. The molecule has 0 aromatic carbocycles. The van der Waals surface area contributed by atoms with Crippen LogP contribution < -0.4 is 11.3 Å². The molecule has 0 aliphatic rings. The number of nitrogens with two attached hydrogens (primary N) is 1. The Morgan fingerprint density at radius 1 is 1.50 bits per heavy atom. The summed E-state index contributed by atoms with van der Waals surface area (Å²) in [6, 6.07) is 3.23. The van der Waals surface area contributed by atoms with E-state index in [-0.39, 0.29) is 11.9 Å². The van der Waals surface area contributed by atoms with Crippen LogP contribution in [0, 0.1) is 0 Å². The molecule has 7 nitrogen and oxygen atoms in total. The lowest BCUT2D eigenvalue weighted by Gasteiger charge is -2.28. The molecule has 112 valence electrons. The molecule has 1 amide bonds. The second-order valence-electron chi connectivity index (χ2n) is 4.37. The fourth-order valence-corrected chi connectivity index (χ4v) is 1.83. The van der Waals surface area contributed by atoms with Crippen LogP contribution in [0.15, 0.2) is 18.3 Å². The van der Waals surface area contributed by atoms with Crippen LogP contribution in [-0.4, -0.2) is 55.8 Å². The number of nitrogens with zero attached hydrogens (tertiary/aromatic N) is 2. The minimum Gasteiger partial charge on any atom is -0.383 e. The molecular formula is C13H22N4O3. The Bertz CT molecular complexity index is 428. The van der Waals surface area contributed by atoms with Gasteiger partial charge in [-0.15, -0.1) is 0 Å². The predicted octanol–water partition coefficient (Wildman–Crippen LogP) is 0.491. The van der Waals surface area contributed by atoms with Crippen LogP contribution in [-0.2, 0) is 9.47 Å². The summed E-state index contributed by atoms with van der Waals surface area (Å²) in [6.45, 7) is 3.29. The first-order chi connectivity index (χ1) is 9.63. The summed E-state index contributed by atoms with van der Waals surface area (Å²) in [7, 11) is 3.20. The first kappa shape index (κ1) is 16.4. The van der Waals surface area contributed by atoms with E-state index >= 15 is 0 Å². The Hall–Kier alpha value is -1.70. The number of methoxy groups -OCH3 is 2. The number of carbonyl (C=O) groups is 1. The van der Waals surface area contributed by atoms with E-state index in [1.807, 2.05) is 6.92 Å². The van der Waals surface area contributed by atoms with Gasteiger partial charge in [0.15, 0.2) is 0 Å². The van der Waals surface area contributed by atoms with Crippen LogP contribution in [0.4, 0.5) is 5.69 Å². The lowest BCUT2D eigenvalue weighted by atomic mass is 10.2. The van der Waals surface area contributed by atoms with Gasteiger partial charge in [0, 0.05) is 27.0 Å². The number of hydrogen-bond acceptors (Lipinski definition) is 6. The van der Waals surface area contributed by atoms with Crippen molar-refractivity contribution in [2.24, 2.45) is 5.84 Å². The second-order valence-corrected chi connectivity index (χ2v) is 4.37. The zero-order valence-electron chi connectivity index (χ0n) is 12.1. The average Bonchev–Trinajstić information content (AvgIpc) is 2.47. The molecule has 0 fully saturated rings. The van der Waals surface area contributed by atoms with Gasteiger partial charge in [0.1, 0.15) is 5.69 Å². The summed E-state index contributed by atoms with van der Waals surface area (Å²) in [6.07, 6.45) is 1.54. The Morgan fingerprint density at radius 2 is 2.25 bits per heavy atom. The quantitative estimate of drug-likeness (QED) is 0.533. The lowest BCUT2D eigenvalue weighted by molar-refractivity contribution is 0.0474. The van der Waals surface area contributed by atoms with E-state index in [1.54, 1.807) is 31.3 Å². The number of hydrogen-bond donors (Lipinski definition) is 2. The van der Waals surface area contributed by atoms with Crippen molar-refractivity contribution in [1.82, 2.24) is 9.88 Å². The number of amides is 1. The number of anilines is 1. The monoisotopic (exact) mass is 282 g/mol. The maximum Gasteiger partial charge on any atom is 0.272 e. The van der Waals surface area contributed by atoms with Crippen molar-refractivity contribution in [3.63, 3.8) is 0 Å². The molecule has 7 heteroatoms. The summed E-state index contributed by atoms with van der Waals surface area (Å²) in [5, 5.41) is 0. The maximum atomic E-state index is 12.5. The number of ether oxygens (including phenoxy) is 2. The Balaban J connectivity index is 2.90. The fraction of sp³-hybridized carbons (Fsp3) is 0.538. The maximum absolute atomic E-state index is 12.5. The lowest BCUT2D eigenvalue weighted by Crippen LogP contribution is -2.43. The van der Waals surface area contributed by atoms with Gasteiger partial charge in [-0.3, -0.25) is 15.6 Å².